The Morgan fingerprint density at radius 3 is 2.60 bits per heavy atom. The fraction of sp³-hybridized carbons (Fsp3) is 0. The summed E-state index contributed by atoms with van der Waals surface area (Å²) in [4.78, 5) is 12.1. The van der Waals surface area contributed by atoms with Crippen LogP contribution >= 0.6 is 11.6 Å². The number of carbonyl (C=O) groups is 1. The molecule has 0 radical (unpaired) electrons. The van der Waals surface area contributed by atoms with Crippen molar-refractivity contribution < 1.29 is 13.6 Å². The molecule has 0 aliphatic carbocycles. The highest BCUT2D eigenvalue weighted by atomic mass is 35.5. The number of nitrogen functional groups attached to an aromatic ring is 1. The molecule has 0 unspecified atom stereocenters. The molecule has 104 valence electrons. The van der Waals surface area contributed by atoms with E-state index in [0.717, 1.165) is 6.07 Å². The van der Waals surface area contributed by atoms with Crippen LogP contribution in [0.4, 0.5) is 20.2 Å². The Hall–Kier alpha value is -2.18. The van der Waals surface area contributed by atoms with Crippen LogP contribution in [0.15, 0.2) is 36.4 Å². The van der Waals surface area contributed by atoms with Gasteiger partial charge in [-0.15, -0.1) is 0 Å². The molecular formula is C13H10ClF2N3O. The fourth-order valence-electron chi connectivity index (χ4n) is 1.62. The van der Waals surface area contributed by atoms with Gasteiger partial charge in [0.2, 0.25) is 0 Å². The standard InChI is InChI=1S/C13H10ClF2N3O/c14-7-4-5-10(19-17)8(6-7)13(20)18-11-3-1-2-9(15)12(11)16/h1-6,19H,17H2,(H,18,20). The first kappa shape index (κ1) is 14.2. The lowest BCUT2D eigenvalue weighted by atomic mass is 10.1. The van der Waals surface area contributed by atoms with Crippen molar-refractivity contribution in [3.05, 3.63) is 58.6 Å². The first-order valence-corrected chi connectivity index (χ1v) is 5.92. The molecular weight excluding hydrogens is 288 g/mol. The minimum Gasteiger partial charge on any atom is -0.323 e. The summed E-state index contributed by atoms with van der Waals surface area (Å²) in [5.74, 6) is 2.43. The van der Waals surface area contributed by atoms with Gasteiger partial charge in [-0.05, 0) is 30.3 Å². The van der Waals surface area contributed by atoms with E-state index in [1.807, 2.05) is 0 Å². The van der Waals surface area contributed by atoms with E-state index in [4.69, 9.17) is 17.4 Å². The first-order valence-electron chi connectivity index (χ1n) is 5.54. The maximum Gasteiger partial charge on any atom is 0.257 e. The van der Waals surface area contributed by atoms with Gasteiger partial charge in [-0.25, -0.2) is 8.78 Å². The molecule has 0 aromatic heterocycles. The van der Waals surface area contributed by atoms with Crippen molar-refractivity contribution in [2.75, 3.05) is 10.7 Å². The van der Waals surface area contributed by atoms with Gasteiger partial charge in [-0.3, -0.25) is 10.6 Å². The van der Waals surface area contributed by atoms with Crippen LogP contribution in [-0.4, -0.2) is 5.91 Å². The molecule has 0 fully saturated rings. The summed E-state index contributed by atoms with van der Waals surface area (Å²) in [7, 11) is 0. The minimum absolute atomic E-state index is 0.115. The number of halogens is 3. The van der Waals surface area contributed by atoms with Crippen LogP contribution in [0.3, 0.4) is 0 Å². The van der Waals surface area contributed by atoms with E-state index in [2.05, 4.69) is 10.7 Å². The number of hydrogen-bond acceptors (Lipinski definition) is 3. The second-order valence-corrected chi connectivity index (χ2v) is 4.33. The van der Waals surface area contributed by atoms with Gasteiger partial charge in [0.1, 0.15) is 0 Å². The van der Waals surface area contributed by atoms with Crippen molar-refractivity contribution in [1.29, 1.82) is 0 Å². The Labute approximate surface area is 118 Å². The summed E-state index contributed by atoms with van der Waals surface area (Å²) in [6, 6.07) is 7.89. The number of benzene rings is 2. The second-order valence-electron chi connectivity index (χ2n) is 3.89. The number of hydrazine groups is 1. The van der Waals surface area contributed by atoms with Gasteiger partial charge in [0, 0.05) is 5.02 Å². The molecule has 2 rings (SSSR count). The topological polar surface area (TPSA) is 67.1 Å². The molecule has 0 saturated carbocycles. The quantitative estimate of drug-likeness (QED) is 0.602. The zero-order valence-corrected chi connectivity index (χ0v) is 10.8. The van der Waals surface area contributed by atoms with Crippen LogP contribution in [0.1, 0.15) is 10.4 Å². The van der Waals surface area contributed by atoms with Crippen molar-refractivity contribution in [3.63, 3.8) is 0 Å². The molecule has 0 aliphatic rings. The number of carbonyl (C=O) groups excluding carboxylic acids is 1. The third-order valence-electron chi connectivity index (χ3n) is 2.58. The normalized spacial score (nSPS) is 10.2. The van der Waals surface area contributed by atoms with Crippen molar-refractivity contribution in [1.82, 2.24) is 0 Å². The zero-order valence-electron chi connectivity index (χ0n) is 10.1. The van der Waals surface area contributed by atoms with E-state index >= 15 is 0 Å². The largest absolute Gasteiger partial charge is 0.323 e. The molecule has 2 aromatic rings. The summed E-state index contributed by atoms with van der Waals surface area (Å²) in [5.41, 5.74) is 2.49. The van der Waals surface area contributed by atoms with Crippen LogP contribution in [0.2, 0.25) is 5.02 Å². The number of rotatable bonds is 3. The number of nitrogens with two attached hydrogens (primary N) is 1. The summed E-state index contributed by atoms with van der Waals surface area (Å²) in [6.07, 6.45) is 0. The van der Waals surface area contributed by atoms with E-state index in [0.29, 0.717) is 10.7 Å². The third-order valence-corrected chi connectivity index (χ3v) is 2.82. The van der Waals surface area contributed by atoms with Gasteiger partial charge >= 0.3 is 0 Å². The lowest BCUT2D eigenvalue weighted by molar-refractivity contribution is 0.102. The van der Waals surface area contributed by atoms with E-state index < -0.39 is 17.5 Å². The van der Waals surface area contributed by atoms with E-state index in [1.165, 1.54) is 30.3 Å². The Bertz CT molecular complexity index is 664. The minimum atomic E-state index is -1.13. The van der Waals surface area contributed by atoms with Crippen molar-refractivity contribution in [3.8, 4) is 0 Å². The lowest BCUT2D eigenvalue weighted by Gasteiger charge is -2.10. The SMILES string of the molecule is NNc1ccc(Cl)cc1C(=O)Nc1cccc(F)c1F. The van der Waals surface area contributed by atoms with Gasteiger partial charge in [-0.1, -0.05) is 17.7 Å². The molecule has 2 aromatic carbocycles. The molecule has 0 bridgehead atoms. The molecule has 0 atom stereocenters. The maximum atomic E-state index is 13.5. The van der Waals surface area contributed by atoms with Gasteiger partial charge in [-0.2, -0.15) is 0 Å². The molecule has 4 nitrogen and oxygen atoms in total. The summed E-state index contributed by atoms with van der Waals surface area (Å²) in [5, 5.41) is 2.57. The summed E-state index contributed by atoms with van der Waals surface area (Å²) in [6.45, 7) is 0. The van der Waals surface area contributed by atoms with Gasteiger partial charge in [0.15, 0.2) is 11.6 Å². The number of anilines is 2. The predicted molar refractivity (Wildman–Crippen MR) is 73.6 cm³/mol. The molecule has 0 spiro atoms. The van der Waals surface area contributed by atoms with Gasteiger partial charge in [0.25, 0.3) is 5.91 Å². The van der Waals surface area contributed by atoms with Crippen molar-refractivity contribution in [2.45, 2.75) is 0 Å². The zero-order chi connectivity index (χ0) is 14.7. The van der Waals surface area contributed by atoms with Gasteiger partial charge in [0.05, 0.1) is 16.9 Å². The fourth-order valence-corrected chi connectivity index (χ4v) is 1.79. The smallest absolute Gasteiger partial charge is 0.257 e. The van der Waals surface area contributed by atoms with Crippen molar-refractivity contribution >= 4 is 28.9 Å². The average Bonchev–Trinajstić information content (AvgIpc) is 2.43. The van der Waals surface area contributed by atoms with Crippen LogP contribution < -0.4 is 16.6 Å². The third kappa shape index (κ3) is 2.87. The molecule has 20 heavy (non-hydrogen) atoms. The summed E-state index contributed by atoms with van der Waals surface area (Å²) >= 11 is 5.79. The van der Waals surface area contributed by atoms with Crippen LogP contribution in [-0.2, 0) is 0 Å². The Balaban J connectivity index is 2.33. The Kier molecular flexibility index (Phi) is 4.16. The highest BCUT2D eigenvalue weighted by Gasteiger charge is 2.15. The Morgan fingerprint density at radius 2 is 1.90 bits per heavy atom. The van der Waals surface area contributed by atoms with Crippen molar-refractivity contribution in [2.24, 2.45) is 5.84 Å². The highest BCUT2D eigenvalue weighted by molar-refractivity contribution is 6.31. The van der Waals surface area contributed by atoms with Crippen LogP contribution in [0.25, 0.3) is 0 Å². The molecule has 0 saturated heterocycles. The Morgan fingerprint density at radius 1 is 1.15 bits per heavy atom. The highest BCUT2D eigenvalue weighted by Crippen LogP contribution is 2.22. The van der Waals surface area contributed by atoms with E-state index in [-0.39, 0.29) is 11.3 Å². The van der Waals surface area contributed by atoms with E-state index in [9.17, 15) is 13.6 Å². The number of hydrogen-bond donors (Lipinski definition) is 3. The van der Waals surface area contributed by atoms with Crippen LogP contribution in [0, 0.1) is 11.6 Å². The monoisotopic (exact) mass is 297 g/mol. The number of nitrogens with one attached hydrogen (secondary N) is 2. The molecule has 1 amide bonds. The first-order chi connectivity index (χ1) is 9.52. The molecule has 0 aliphatic heterocycles. The van der Waals surface area contributed by atoms with E-state index in [1.54, 1.807) is 0 Å². The predicted octanol–water partition coefficient (Wildman–Crippen LogP) is 3.16. The lowest BCUT2D eigenvalue weighted by Crippen LogP contribution is -2.18. The molecule has 0 heterocycles. The number of amides is 1. The summed E-state index contributed by atoms with van der Waals surface area (Å²) < 4.78 is 26.5. The molecule has 7 heteroatoms. The van der Waals surface area contributed by atoms with Crippen LogP contribution in [0.5, 0.6) is 0 Å². The second kappa shape index (κ2) is 5.85. The average molecular weight is 298 g/mol. The van der Waals surface area contributed by atoms with Gasteiger partial charge < -0.3 is 10.7 Å². The molecule has 4 N–H and O–H groups in total. The maximum absolute atomic E-state index is 13.5.